The van der Waals surface area contributed by atoms with E-state index in [0.29, 0.717) is 59.2 Å². The van der Waals surface area contributed by atoms with Crippen molar-refractivity contribution in [2.75, 3.05) is 74.1 Å². The molecule has 9 heteroatoms. The van der Waals surface area contributed by atoms with Gasteiger partial charge in [0.15, 0.2) is 0 Å². The Morgan fingerprint density at radius 3 is 1.56 bits per heavy atom. The maximum Gasteiger partial charge on any atom is 0.105 e. The fraction of sp³-hybridized carbons (Fsp3) is 1.00. The van der Waals surface area contributed by atoms with Crippen LogP contribution in [0.1, 0.15) is 87.5 Å². The van der Waals surface area contributed by atoms with Crippen LogP contribution in [-0.4, -0.2) is 109 Å². The Morgan fingerprint density at radius 1 is 0.538 bits per heavy atom. The molecule has 0 aromatic heterocycles. The maximum absolute atomic E-state index is 6.53. The van der Waals surface area contributed by atoms with Gasteiger partial charge in [-0.15, -0.1) is 0 Å². The minimum atomic E-state index is -0.398. The number of nitrogens with two attached hydrogens (primary N) is 1. The van der Waals surface area contributed by atoms with Gasteiger partial charge in [0.1, 0.15) is 6.10 Å². The van der Waals surface area contributed by atoms with Crippen LogP contribution in [0.5, 0.6) is 0 Å². The van der Waals surface area contributed by atoms with Crippen LogP contribution in [0.25, 0.3) is 0 Å². The van der Waals surface area contributed by atoms with Crippen LogP contribution in [0, 0.1) is 0 Å². The van der Waals surface area contributed by atoms with Crippen molar-refractivity contribution in [3.8, 4) is 0 Å². The highest BCUT2D eigenvalue weighted by Gasteiger charge is 2.32. The number of ether oxygens (including phenoxy) is 8. The summed E-state index contributed by atoms with van der Waals surface area (Å²) in [5.41, 5.74) is 4.32. The molecule has 0 saturated heterocycles. The molecule has 0 heterocycles. The van der Waals surface area contributed by atoms with Crippen LogP contribution < -0.4 is 5.73 Å². The smallest absolute Gasteiger partial charge is 0.105 e. The predicted octanol–water partition coefficient (Wildman–Crippen LogP) is 4.77. The standard InChI is InChI=1S/C30H63NO8/c1-27(2,13-12-16-31)36-17-14-28(3,4)38-25(22-33-10)21-30(7,8)37-18-15-29(5,6)39-26(23-34-11)24-35-20-19-32-9/h25-26H,12-24,31H2,1-11H3. The summed E-state index contributed by atoms with van der Waals surface area (Å²) in [6.07, 6.45) is 3.85. The van der Waals surface area contributed by atoms with Gasteiger partial charge in [0.2, 0.25) is 0 Å². The topological polar surface area (TPSA) is 99.9 Å². The van der Waals surface area contributed by atoms with E-state index < -0.39 is 11.2 Å². The van der Waals surface area contributed by atoms with Crippen molar-refractivity contribution in [2.45, 2.75) is 122 Å². The molecule has 0 aromatic rings. The van der Waals surface area contributed by atoms with Gasteiger partial charge in [0, 0.05) is 27.8 Å². The van der Waals surface area contributed by atoms with Crippen molar-refractivity contribution < 1.29 is 37.9 Å². The Bertz CT molecular complexity index is 598. The molecule has 0 rings (SSSR count). The molecule has 0 aliphatic heterocycles. The van der Waals surface area contributed by atoms with Crippen LogP contribution >= 0.6 is 0 Å². The van der Waals surface area contributed by atoms with E-state index in [0.717, 1.165) is 25.7 Å². The van der Waals surface area contributed by atoms with E-state index in [-0.39, 0.29) is 23.4 Å². The maximum atomic E-state index is 6.53. The molecule has 0 aromatic carbocycles. The van der Waals surface area contributed by atoms with Crippen LogP contribution in [0.2, 0.25) is 0 Å². The van der Waals surface area contributed by atoms with E-state index in [1.165, 1.54) is 0 Å². The third-order valence-electron chi connectivity index (χ3n) is 6.51. The normalized spacial score (nSPS) is 15.1. The number of hydrogen-bond acceptors (Lipinski definition) is 9. The lowest BCUT2D eigenvalue weighted by Gasteiger charge is -2.37. The van der Waals surface area contributed by atoms with Crippen molar-refractivity contribution in [1.29, 1.82) is 0 Å². The molecule has 2 atom stereocenters. The second-order valence-electron chi connectivity index (χ2n) is 12.8. The highest BCUT2D eigenvalue weighted by molar-refractivity contribution is 4.80. The van der Waals surface area contributed by atoms with Gasteiger partial charge >= 0.3 is 0 Å². The molecule has 0 radical (unpaired) electrons. The molecular formula is C30H63NO8. The molecule has 0 amide bonds. The summed E-state index contributed by atoms with van der Waals surface area (Å²) in [7, 11) is 5.03. The van der Waals surface area contributed by atoms with Crippen molar-refractivity contribution >= 4 is 0 Å². The fourth-order valence-corrected chi connectivity index (χ4v) is 4.35. The Labute approximate surface area is 240 Å². The summed E-state index contributed by atoms with van der Waals surface area (Å²) in [5.74, 6) is 0. The monoisotopic (exact) mass is 565 g/mol. The lowest BCUT2D eigenvalue weighted by atomic mass is 9.98. The second kappa shape index (κ2) is 19.7. The third-order valence-corrected chi connectivity index (χ3v) is 6.51. The number of rotatable bonds is 26. The molecule has 39 heavy (non-hydrogen) atoms. The Hall–Kier alpha value is -0.360. The van der Waals surface area contributed by atoms with E-state index in [9.17, 15) is 0 Å². The second-order valence-corrected chi connectivity index (χ2v) is 12.8. The fourth-order valence-electron chi connectivity index (χ4n) is 4.35. The van der Waals surface area contributed by atoms with Crippen molar-refractivity contribution in [2.24, 2.45) is 5.73 Å². The summed E-state index contributed by atoms with van der Waals surface area (Å²) in [5, 5.41) is 0. The van der Waals surface area contributed by atoms with Crippen LogP contribution in [-0.2, 0) is 37.9 Å². The molecule has 0 bridgehead atoms. The van der Waals surface area contributed by atoms with Crippen LogP contribution in [0.4, 0.5) is 0 Å². The first-order chi connectivity index (χ1) is 18.1. The Morgan fingerprint density at radius 2 is 1.05 bits per heavy atom. The van der Waals surface area contributed by atoms with Gasteiger partial charge in [-0.2, -0.15) is 0 Å². The van der Waals surface area contributed by atoms with Gasteiger partial charge < -0.3 is 43.6 Å². The van der Waals surface area contributed by atoms with E-state index in [1.54, 1.807) is 21.3 Å². The zero-order valence-corrected chi connectivity index (χ0v) is 27.2. The SMILES string of the molecule is COCCOCC(COC)OC(C)(C)CCOC(C)(C)CC(COC)OC(C)(C)CCOC(C)(C)CCCN. The van der Waals surface area contributed by atoms with Gasteiger partial charge in [0.05, 0.1) is 74.8 Å². The van der Waals surface area contributed by atoms with E-state index >= 15 is 0 Å². The molecule has 0 fully saturated rings. The highest BCUT2D eigenvalue weighted by atomic mass is 16.6. The minimum absolute atomic E-state index is 0.107. The summed E-state index contributed by atoms with van der Waals surface area (Å²) >= 11 is 0. The first-order valence-electron chi connectivity index (χ1n) is 14.5. The molecule has 2 N–H and O–H groups in total. The largest absolute Gasteiger partial charge is 0.382 e. The van der Waals surface area contributed by atoms with Crippen LogP contribution in [0.15, 0.2) is 0 Å². The van der Waals surface area contributed by atoms with E-state index in [1.807, 2.05) is 0 Å². The predicted molar refractivity (Wildman–Crippen MR) is 157 cm³/mol. The van der Waals surface area contributed by atoms with E-state index in [4.69, 9.17) is 43.6 Å². The average molecular weight is 566 g/mol. The lowest BCUT2D eigenvalue weighted by molar-refractivity contribution is -0.155. The summed E-state index contributed by atoms with van der Waals surface area (Å²) < 4.78 is 46.8. The zero-order chi connectivity index (χ0) is 30.0. The molecule has 2 unspecified atom stereocenters. The van der Waals surface area contributed by atoms with E-state index in [2.05, 4.69) is 55.4 Å². The average Bonchev–Trinajstić information content (AvgIpc) is 2.79. The highest BCUT2D eigenvalue weighted by Crippen LogP contribution is 2.27. The van der Waals surface area contributed by atoms with Gasteiger partial charge in [-0.1, -0.05) is 0 Å². The summed E-state index contributed by atoms with van der Waals surface area (Å²) in [4.78, 5) is 0. The van der Waals surface area contributed by atoms with Crippen molar-refractivity contribution in [3.63, 3.8) is 0 Å². The first-order valence-corrected chi connectivity index (χ1v) is 14.5. The lowest BCUT2D eigenvalue weighted by Crippen LogP contribution is -2.41. The molecule has 0 aliphatic carbocycles. The molecule has 0 aliphatic rings. The quantitative estimate of drug-likeness (QED) is 0.149. The molecule has 0 saturated carbocycles. The molecule has 0 spiro atoms. The first kappa shape index (κ1) is 38.6. The minimum Gasteiger partial charge on any atom is -0.382 e. The van der Waals surface area contributed by atoms with Gasteiger partial charge in [-0.05, 0) is 87.6 Å². The summed E-state index contributed by atoms with van der Waals surface area (Å²) in [6.45, 7) is 21.1. The molecule has 236 valence electrons. The Balaban J connectivity index is 4.78. The van der Waals surface area contributed by atoms with Crippen molar-refractivity contribution in [1.82, 2.24) is 0 Å². The molecular weight excluding hydrogens is 502 g/mol. The number of hydrogen-bond donors (Lipinski definition) is 1. The third kappa shape index (κ3) is 21.1. The van der Waals surface area contributed by atoms with Gasteiger partial charge in [-0.25, -0.2) is 0 Å². The molecule has 9 nitrogen and oxygen atoms in total. The van der Waals surface area contributed by atoms with Crippen LogP contribution in [0.3, 0.4) is 0 Å². The Kier molecular flexibility index (Phi) is 19.5. The number of methoxy groups -OCH3 is 3. The van der Waals surface area contributed by atoms with Gasteiger partial charge in [0.25, 0.3) is 0 Å². The zero-order valence-electron chi connectivity index (χ0n) is 27.2. The van der Waals surface area contributed by atoms with Crippen molar-refractivity contribution in [3.05, 3.63) is 0 Å². The van der Waals surface area contributed by atoms with Gasteiger partial charge in [-0.3, -0.25) is 0 Å². The summed E-state index contributed by atoms with van der Waals surface area (Å²) in [6, 6.07) is 0.